The molecule has 0 radical (unpaired) electrons. The average Bonchev–Trinajstić information content (AvgIpc) is 2.11. The smallest absolute Gasteiger partial charge is 0.225 e. The molecule has 0 bridgehead atoms. The third-order valence-electron chi connectivity index (χ3n) is 2.48. The minimum Gasteiger partial charge on any atom is -0.225 e. The number of halogens is 4. The van der Waals surface area contributed by atoms with Crippen LogP contribution in [0.15, 0.2) is 17.0 Å². The van der Waals surface area contributed by atoms with Crippen LogP contribution in [-0.4, -0.2) is 8.42 Å². The minimum absolute atomic E-state index is 0.212. The van der Waals surface area contributed by atoms with Crippen molar-refractivity contribution in [1.29, 1.82) is 0 Å². The van der Waals surface area contributed by atoms with E-state index in [1.54, 1.807) is 0 Å². The number of nitrogens with two attached hydrogens (primary N) is 1. The van der Waals surface area contributed by atoms with Crippen LogP contribution in [0, 0.1) is 0 Å². The molecule has 0 spiro atoms. The fourth-order valence-corrected chi connectivity index (χ4v) is 2.58. The molecule has 1 aromatic carbocycles. The zero-order chi connectivity index (χ0) is 15.2. The van der Waals surface area contributed by atoms with Crippen molar-refractivity contribution >= 4 is 21.6 Å². The number of hydrogen-bond donors (Lipinski definition) is 1. The highest BCUT2D eigenvalue weighted by atomic mass is 35.5. The number of benzene rings is 1. The van der Waals surface area contributed by atoms with Crippen molar-refractivity contribution in [1.82, 2.24) is 0 Å². The summed E-state index contributed by atoms with van der Waals surface area (Å²) < 4.78 is 61.5. The van der Waals surface area contributed by atoms with E-state index in [4.69, 9.17) is 16.7 Å². The summed E-state index contributed by atoms with van der Waals surface area (Å²) >= 11 is 5.59. The van der Waals surface area contributed by atoms with Gasteiger partial charge in [0.25, 0.3) is 0 Å². The SMILES string of the molecule is CC(C)(C)c1cc(S(N)(=O)=O)cc(Cl)c1C(F)(F)F. The fourth-order valence-electron chi connectivity index (χ4n) is 1.63. The van der Waals surface area contributed by atoms with Crippen molar-refractivity contribution in [3.63, 3.8) is 0 Å². The third-order valence-corrected chi connectivity index (χ3v) is 3.67. The molecular formula is C11H13ClF3NO2S. The molecule has 0 saturated carbocycles. The van der Waals surface area contributed by atoms with Crippen LogP contribution in [0.25, 0.3) is 0 Å². The Labute approximate surface area is 114 Å². The van der Waals surface area contributed by atoms with E-state index in [-0.39, 0.29) is 5.56 Å². The summed E-state index contributed by atoms with van der Waals surface area (Å²) in [6, 6.07) is 1.64. The third kappa shape index (κ3) is 3.61. The van der Waals surface area contributed by atoms with Crippen LogP contribution < -0.4 is 5.14 Å². The molecule has 0 amide bonds. The molecule has 0 heterocycles. The van der Waals surface area contributed by atoms with Gasteiger partial charge in [-0.2, -0.15) is 13.2 Å². The molecule has 108 valence electrons. The molecular weight excluding hydrogens is 303 g/mol. The van der Waals surface area contributed by atoms with E-state index in [9.17, 15) is 21.6 Å². The van der Waals surface area contributed by atoms with Gasteiger partial charge in [-0.05, 0) is 23.1 Å². The summed E-state index contributed by atoms with van der Waals surface area (Å²) in [5.41, 5.74) is -2.18. The van der Waals surface area contributed by atoms with Gasteiger partial charge in [-0.15, -0.1) is 0 Å². The number of alkyl halides is 3. The highest BCUT2D eigenvalue weighted by Crippen LogP contribution is 2.42. The van der Waals surface area contributed by atoms with Crippen molar-refractivity contribution < 1.29 is 21.6 Å². The standard InChI is InChI=1S/C11H13ClF3NO2S/c1-10(2,3)7-4-6(19(16,17)18)5-8(12)9(7)11(13,14)15/h4-5H,1-3H3,(H2,16,17,18). The first kappa shape index (κ1) is 16.3. The van der Waals surface area contributed by atoms with Crippen molar-refractivity contribution in [3.8, 4) is 0 Å². The predicted octanol–water partition coefficient (Wildman–Crippen LogP) is 3.30. The van der Waals surface area contributed by atoms with Gasteiger partial charge in [0.05, 0.1) is 15.5 Å². The lowest BCUT2D eigenvalue weighted by Crippen LogP contribution is -2.22. The van der Waals surface area contributed by atoms with Crippen LogP contribution in [0.1, 0.15) is 31.9 Å². The molecule has 0 aromatic heterocycles. The Hall–Kier alpha value is -0.790. The minimum atomic E-state index is -4.67. The van der Waals surface area contributed by atoms with Gasteiger partial charge in [0.1, 0.15) is 0 Å². The molecule has 2 N–H and O–H groups in total. The van der Waals surface area contributed by atoms with Gasteiger partial charge in [-0.3, -0.25) is 0 Å². The maximum atomic E-state index is 13.0. The van der Waals surface area contributed by atoms with E-state index >= 15 is 0 Å². The lowest BCUT2D eigenvalue weighted by atomic mass is 9.83. The van der Waals surface area contributed by atoms with Gasteiger partial charge >= 0.3 is 6.18 Å². The highest BCUT2D eigenvalue weighted by Gasteiger charge is 2.39. The Morgan fingerprint density at radius 2 is 1.63 bits per heavy atom. The normalized spacial score (nSPS) is 13.7. The predicted molar refractivity (Wildman–Crippen MR) is 66.5 cm³/mol. The zero-order valence-corrected chi connectivity index (χ0v) is 12.0. The zero-order valence-electron chi connectivity index (χ0n) is 10.5. The van der Waals surface area contributed by atoms with Gasteiger partial charge in [0, 0.05) is 0 Å². The van der Waals surface area contributed by atoms with Gasteiger partial charge in [0.15, 0.2) is 0 Å². The Balaban J connectivity index is 3.78. The van der Waals surface area contributed by atoms with Gasteiger partial charge in [-0.1, -0.05) is 32.4 Å². The van der Waals surface area contributed by atoms with E-state index in [1.165, 1.54) is 20.8 Å². The molecule has 0 fully saturated rings. The van der Waals surface area contributed by atoms with E-state index < -0.39 is 37.1 Å². The second-order valence-corrected chi connectivity index (χ2v) is 7.09. The van der Waals surface area contributed by atoms with E-state index in [0.29, 0.717) is 0 Å². The molecule has 0 saturated heterocycles. The molecule has 0 aliphatic carbocycles. The molecule has 1 rings (SSSR count). The molecule has 19 heavy (non-hydrogen) atoms. The first-order chi connectivity index (χ1) is 8.24. The lowest BCUT2D eigenvalue weighted by molar-refractivity contribution is -0.138. The summed E-state index contributed by atoms with van der Waals surface area (Å²) in [4.78, 5) is -0.435. The monoisotopic (exact) mass is 315 g/mol. The molecule has 1 aromatic rings. The van der Waals surface area contributed by atoms with E-state index in [1.807, 2.05) is 0 Å². The van der Waals surface area contributed by atoms with Crippen molar-refractivity contribution in [2.24, 2.45) is 5.14 Å². The van der Waals surface area contributed by atoms with Crippen LogP contribution in [0.4, 0.5) is 13.2 Å². The number of rotatable bonds is 1. The van der Waals surface area contributed by atoms with E-state index in [2.05, 4.69) is 0 Å². The van der Waals surface area contributed by atoms with Crippen molar-refractivity contribution in [2.75, 3.05) is 0 Å². The maximum absolute atomic E-state index is 13.0. The summed E-state index contributed by atoms with van der Waals surface area (Å²) in [6.45, 7) is 4.59. The quantitative estimate of drug-likeness (QED) is 0.864. The van der Waals surface area contributed by atoms with Crippen molar-refractivity contribution in [2.45, 2.75) is 37.3 Å². The first-order valence-electron chi connectivity index (χ1n) is 5.18. The first-order valence-corrected chi connectivity index (χ1v) is 7.11. The Morgan fingerprint density at radius 3 is 1.95 bits per heavy atom. The fraction of sp³-hybridized carbons (Fsp3) is 0.455. The molecule has 0 unspecified atom stereocenters. The number of sulfonamides is 1. The van der Waals surface area contributed by atoms with Crippen LogP contribution in [0.2, 0.25) is 5.02 Å². The van der Waals surface area contributed by atoms with Crippen molar-refractivity contribution in [3.05, 3.63) is 28.3 Å². The molecule has 0 aliphatic rings. The Kier molecular flexibility index (Phi) is 3.97. The second-order valence-electron chi connectivity index (χ2n) is 5.12. The molecule has 8 heteroatoms. The number of primary sulfonamides is 1. The van der Waals surface area contributed by atoms with Crippen LogP contribution in [-0.2, 0) is 21.6 Å². The van der Waals surface area contributed by atoms with Crippen LogP contribution in [0.5, 0.6) is 0 Å². The average molecular weight is 316 g/mol. The Morgan fingerprint density at radius 1 is 1.16 bits per heavy atom. The lowest BCUT2D eigenvalue weighted by Gasteiger charge is -2.25. The highest BCUT2D eigenvalue weighted by molar-refractivity contribution is 7.89. The van der Waals surface area contributed by atoms with Crippen LogP contribution in [0.3, 0.4) is 0 Å². The Bertz CT molecular complexity index is 604. The van der Waals surface area contributed by atoms with Crippen LogP contribution >= 0.6 is 11.6 Å². The maximum Gasteiger partial charge on any atom is 0.418 e. The van der Waals surface area contributed by atoms with Gasteiger partial charge in [0.2, 0.25) is 10.0 Å². The largest absolute Gasteiger partial charge is 0.418 e. The van der Waals surface area contributed by atoms with E-state index in [0.717, 1.165) is 12.1 Å². The summed E-state index contributed by atoms with van der Waals surface area (Å²) in [5, 5.41) is 4.25. The summed E-state index contributed by atoms with van der Waals surface area (Å²) in [7, 11) is -4.12. The van der Waals surface area contributed by atoms with Gasteiger partial charge in [-0.25, -0.2) is 13.6 Å². The summed E-state index contributed by atoms with van der Waals surface area (Å²) in [5.74, 6) is 0. The number of hydrogen-bond acceptors (Lipinski definition) is 2. The van der Waals surface area contributed by atoms with Gasteiger partial charge < -0.3 is 0 Å². The summed E-state index contributed by atoms with van der Waals surface area (Å²) in [6.07, 6.45) is -4.67. The molecule has 0 atom stereocenters. The molecule has 3 nitrogen and oxygen atoms in total. The second kappa shape index (κ2) is 4.64. The topological polar surface area (TPSA) is 60.2 Å². The molecule has 0 aliphatic heterocycles.